The van der Waals surface area contributed by atoms with Gasteiger partial charge < -0.3 is 29.7 Å². The molecule has 5 bridgehead atoms. The number of carbonyl (C=O) groups is 4. The Morgan fingerprint density at radius 1 is 1.19 bits per heavy atom. The molecule has 0 radical (unpaired) electrons. The molecule has 7 atom stereocenters. The van der Waals surface area contributed by atoms with Crippen LogP contribution in [0.25, 0.3) is 11.0 Å². The fourth-order valence-corrected chi connectivity index (χ4v) is 7.28. The van der Waals surface area contributed by atoms with E-state index >= 15 is 0 Å². The molecule has 0 saturated carbocycles. The number of para-hydroxylation sites is 1. The van der Waals surface area contributed by atoms with Crippen molar-refractivity contribution in [2.45, 2.75) is 63.3 Å². The smallest absolute Gasteiger partial charge is 0.313 e. The number of hydrogen-bond acceptors (Lipinski definition) is 9. The lowest BCUT2D eigenvalue weighted by Gasteiger charge is -2.37. The average molecular weight is 658 g/mol. The molecule has 1 aromatic carbocycles. The highest BCUT2D eigenvalue weighted by Crippen LogP contribution is 2.59. The summed E-state index contributed by atoms with van der Waals surface area (Å²) >= 11 is 3.52. The maximum Gasteiger partial charge on any atom is 0.313 e. The number of aliphatic hydroxyl groups is 1. The van der Waals surface area contributed by atoms with E-state index in [1.165, 1.54) is 9.80 Å². The lowest BCUT2D eigenvalue weighted by molar-refractivity contribution is -0.159. The molecule has 13 nitrogen and oxygen atoms in total. The molecule has 2 N–H and O–H groups in total. The molecular formula is C29H33BrN6O7. The first-order valence-electron chi connectivity index (χ1n) is 14.3. The Morgan fingerprint density at radius 3 is 2.77 bits per heavy atom. The van der Waals surface area contributed by atoms with E-state index in [9.17, 15) is 24.3 Å². The Balaban J connectivity index is 1.44. The van der Waals surface area contributed by atoms with Gasteiger partial charge >= 0.3 is 5.97 Å². The molecule has 0 unspecified atom stereocenters. The summed E-state index contributed by atoms with van der Waals surface area (Å²) in [6, 6.07) is 5.45. The number of amides is 3. The van der Waals surface area contributed by atoms with Crippen molar-refractivity contribution >= 4 is 50.7 Å². The van der Waals surface area contributed by atoms with E-state index in [0.29, 0.717) is 16.4 Å². The van der Waals surface area contributed by atoms with Crippen molar-refractivity contribution < 1.29 is 33.8 Å². The van der Waals surface area contributed by atoms with E-state index in [0.717, 1.165) is 5.52 Å². The quantitative estimate of drug-likeness (QED) is 0.360. The number of nitrogens with zero attached hydrogens (tertiary/aromatic N) is 5. The topological polar surface area (TPSA) is 156 Å². The van der Waals surface area contributed by atoms with Gasteiger partial charge in [0.2, 0.25) is 11.8 Å². The van der Waals surface area contributed by atoms with Crippen molar-refractivity contribution in [1.29, 1.82) is 0 Å². The number of hydrogen-bond donors (Lipinski definition) is 2. The van der Waals surface area contributed by atoms with Gasteiger partial charge in [-0.3, -0.25) is 19.2 Å². The minimum absolute atomic E-state index is 0.00819. The Labute approximate surface area is 256 Å². The molecule has 2 fully saturated rings. The van der Waals surface area contributed by atoms with Crippen molar-refractivity contribution in [3.8, 4) is 0 Å². The third-order valence-corrected chi connectivity index (χ3v) is 9.26. The van der Waals surface area contributed by atoms with Crippen LogP contribution in [0, 0.1) is 11.8 Å². The van der Waals surface area contributed by atoms with Crippen molar-refractivity contribution in [2.75, 3.05) is 19.7 Å². The third-order valence-electron chi connectivity index (χ3n) is 8.58. The number of rotatable bonds is 4. The number of benzene rings is 1. The highest BCUT2D eigenvalue weighted by Gasteiger charge is 2.75. The first-order valence-corrected chi connectivity index (χ1v) is 15.1. The highest BCUT2D eigenvalue weighted by molar-refractivity contribution is 9.11. The molecule has 5 heterocycles. The number of nitrogens with one attached hydrogen (secondary N) is 1. The van der Waals surface area contributed by atoms with Gasteiger partial charge in [0.15, 0.2) is 0 Å². The first-order chi connectivity index (χ1) is 20.7. The molecule has 14 heteroatoms. The van der Waals surface area contributed by atoms with Crippen LogP contribution in [-0.2, 0) is 35.3 Å². The molecular weight excluding hydrogens is 624 g/mol. The van der Waals surface area contributed by atoms with Gasteiger partial charge in [0.25, 0.3) is 5.91 Å². The van der Waals surface area contributed by atoms with Crippen molar-refractivity contribution in [3.63, 3.8) is 0 Å². The average Bonchev–Trinajstić information content (AvgIpc) is 3.71. The van der Waals surface area contributed by atoms with Gasteiger partial charge in [0, 0.05) is 17.4 Å². The number of allylic oxidation sites excluding steroid dienone is 1. The monoisotopic (exact) mass is 656 g/mol. The summed E-state index contributed by atoms with van der Waals surface area (Å²) in [6.45, 7) is 3.18. The minimum atomic E-state index is -1.47. The Hall–Kier alpha value is -3.62. The zero-order chi connectivity index (χ0) is 30.5. The molecule has 3 amide bonds. The van der Waals surface area contributed by atoms with Crippen LogP contribution >= 0.6 is 15.9 Å². The molecule has 2 saturated heterocycles. The van der Waals surface area contributed by atoms with Gasteiger partial charge in [-0.2, -0.15) is 0 Å². The molecule has 43 heavy (non-hydrogen) atoms. The Bertz CT molecular complexity index is 1530. The van der Waals surface area contributed by atoms with Gasteiger partial charge in [0.05, 0.1) is 30.6 Å². The van der Waals surface area contributed by atoms with Crippen LogP contribution in [0.4, 0.5) is 0 Å². The summed E-state index contributed by atoms with van der Waals surface area (Å²) in [5, 5.41) is 21.4. The van der Waals surface area contributed by atoms with Crippen molar-refractivity contribution in [1.82, 2.24) is 30.1 Å². The molecule has 2 aromatic rings. The van der Waals surface area contributed by atoms with E-state index in [1.807, 2.05) is 30.3 Å². The molecule has 4 aliphatic rings. The summed E-state index contributed by atoms with van der Waals surface area (Å²) in [5.41, 5.74) is -0.0914. The van der Waals surface area contributed by atoms with E-state index < -0.39 is 66.1 Å². The number of aliphatic hydroxyl groups excluding tert-OH is 1. The van der Waals surface area contributed by atoms with Crippen LogP contribution in [0.15, 0.2) is 47.0 Å². The number of aromatic nitrogens is 3. The number of cyclic esters (lactones) is 1. The highest BCUT2D eigenvalue weighted by atomic mass is 79.9. The largest absolute Gasteiger partial charge is 0.460 e. The second-order valence-electron chi connectivity index (χ2n) is 11.4. The predicted octanol–water partition coefficient (Wildman–Crippen LogP) is 0.869. The van der Waals surface area contributed by atoms with E-state index in [-0.39, 0.29) is 32.1 Å². The summed E-state index contributed by atoms with van der Waals surface area (Å²) in [6.07, 6.45) is 4.50. The van der Waals surface area contributed by atoms with Crippen LogP contribution in [-0.4, -0.2) is 103 Å². The van der Waals surface area contributed by atoms with Gasteiger partial charge in [-0.15, -0.1) is 5.10 Å². The third kappa shape index (κ3) is 4.94. The lowest BCUT2D eigenvalue weighted by Crippen LogP contribution is -2.58. The number of likely N-dealkylation sites (tertiary alicyclic amines) is 1. The van der Waals surface area contributed by atoms with Gasteiger partial charge in [0.1, 0.15) is 42.0 Å². The van der Waals surface area contributed by atoms with Gasteiger partial charge in [-0.05, 0) is 38.5 Å². The van der Waals surface area contributed by atoms with Crippen molar-refractivity contribution in [3.05, 3.63) is 47.0 Å². The van der Waals surface area contributed by atoms with E-state index in [1.54, 1.807) is 30.7 Å². The maximum absolute atomic E-state index is 14.7. The molecule has 1 aromatic heterocycles. The summed E-state index contributed by atoms with van der Waals surface area (Å²) < 4.78 is 14.3. The fraction of sp³-hybridized carbons (Fsp3) is 0.517. The fourth-order valence-electron chi connectivity index (χ4n) is 6.54. The molecule has 228 valence electrons. The van der Waals surface area contributed by atoms with Gasteiger partial charge in [-0.1, -0.05) is 45.4 Å². The number of fused-ring (bicyclic) bond motifs is 3. The number of halogens is 1. The zero-order valence-corrected chi connectivity index (χ0v) is 25.3. The summed E-state index contributed by atoms with van der Waals surface area (Å²) in [5.74, 6) is -3.84. The van der Waals surface area contributed by atoms with E-state index in [2.05, 4.69) is 31.6 Å². The molecule has 6 rings (SSSR count). The minimum Gasteiger partial charge on any atom is -0.460 e. The molecule has 0 aliphatic carbocycles. The predicted molar refractivity (Wildman–Crippen MR) is 155 cm³/mol. The number of ether oxygens (including phenoxy) is 2. The van der Waals surface area contributed by atoms with Crippen LogP contribution < -0.4 is 5.32 Å². The number of carbonyl (C=O) groups excluding carboxylic acids is 4. The van der Waals surface area contributed by atoms with E-state index in [4.69, 9.17) is 9.47 Å². The Morgan fingerprint density at radius 2 is 1.98 bits per heavy atom. The van der Waals surface area contributed by atoms with Gasteiger partial charge in [-0.25, -0.2) is 4.68 Å². The molecule has 1 spiro atoms. The molecule has 4 aliphatic heterocycles. The Kier molecular flexibility index (Phi) is 7.86. The maximum atomic E-state index is 14.7. The second-order valence-corrected chi connectivity index (χ2v) is 12.4. The van der Waals surface area contributed by atoms with Crippen LogP contribution in [0.3, 0.4) is 0 Å². The number of esters is 1. The SMILES string of the molecule is C[C@@H]1CNC(=O)CC/C=C\CN(Cn2nnc3ccccc32)C(=O)[C@@H]2N([C@H](C)CO)C(=O)[C@H]3[C@H](C(=O)O1)[C@H]1O[C@@]23C=C1Br. The zero-order valence-electron chi connectivity index (χ0n) is 23.8. The van der Waals surface area contributed by atoms with Crippen LogP contribution in [0.5, 0.6) is 0 Å². The van der Waals surface area contributed by atoms with Crippen LogP contribution in [0.2, 0.25) is 0 Å². The lowest BCUT2D eigenvalue weighted by atomic mass is 9.74. The normalized spacial score (nSPS) is 32.9. The first kappa shape index (κ1) is 29.5. The summed E-state index contributed by atoms with van der Waals surface area (Å²) in [4.78, 5) is 57.7. The summed E-state index contributed by atoms with van der Waals surface area (Å²) in [7, 11) is 0. The second kappa shape index (κ2) is 11.5. The van der Waals surface area contributed by atoms with Crippen LogP contribution in [0.1, 0.15) is 26.7 Å². The van der Waals surface area contributed by atoms with Crippen molar-refractivity contribution in [2.24, 2.45) is 11.8 Å². The standard InChI is InChI=1S/C29H33BrN6O7/c1-16(14-37)36-25-27(40)34(15-35-20-9-6-5-8-19(20)32-33-35)11-7-3-4-10-21(38)31-13-17(2)42-28(41)22-23(26(36)39)29(25)12-18(30)24(22)43-29/h3,5-9,12,16-17,22-25,37H,4,10-11,13-15H2,1-2H3,(H,31,38)/b7-3-/t16-,17-,22+,23-,24+,25+,29-/m1/s1.